The lowest BCUT2D eigenvalue weighted by molar-refractivity contribution is 0.669. The second-order valence-electron chi connectivity index (χ2n) is 14.6. The number of aliphatic imine (C=N–C) groups is 2. The third-order valence-corrected chi connectivity index (χ3v) is 12.3. The normalized spacial score (nSPS) is 12.6. The van der Waals surface area contributed by atoms with Crippen molar-refractivity contribution in [3.8, 4) is 11.1 Å². The van der Waals surface area contributed by atoms with E-state index in [2.05, 4.69) is 159 Å². The van der Waals surface area contributed by atoms with Crippen molar-refractivity contribution in [2.24, 2.45) is 9.98 Å². The third-order valence-electron chi connectivity index (χ3n) is 11.2. The smallest absolute Gasteiger partial charge is 0.160 e. The fourth-order valence-corrected chi connectivity index (χ4v) is 9.56. The predicted octanol–water partition coefficient (Wildman–Crippen LogP) is 15.0. The van der Waals surface area contributed by atoms with Crippen molar-refractivity contribution < 1.29 is 4.42 Å². The van der Waals surface area contributed by atoms with E-state index in [1.807, 2.05) is 41.7 Å². The van der Waals surface area contributed by atoms with Crippen molar-refractivity contribution in [2.45, 2.75) is 6.92 Å². The molecule has 0 spiro atoms. The summed E-state index contributed by atoms with van der Waals surface area (Å²) < 4.78 is 9.19. The molecule has 0 aliphatic heterocycles. The fourth-order valence-electron chi connectivity index (χ4n) is 8.46. The number of hydrogen-bond donors (Lipinski definition) is 0. The van der Waals surface area contributed by atoms with E-state index >= 15 is 0 Å². The van der Waals surface area contributed by atoms with Gasteiger partial charge in [-0.05, 0) is 92.3 Å². The van der Waals surface area contributed by atoms with Crippen LogP contribution in [0.4, 0.5) is 0 Å². The van der Waals surface area contributed by atoms with Crippen LogP contribution in [0.15, 0.2) is 197 Å². The zero-order valence-electron chi connectivity index (χ0n) is 31.2. The van der Waals surface area contributed by atoms with Crippen LogP contribution in [0.3, 0.4) is 0 Å². The number of amidine groups is 1. The van der Waals surface area contributed by atoms with Crippen LogP contribution in [0, 0.1) is 0 Å². The summed E-state index contributed by atoms with van der Waals surface area (Å²) in [6.07, 6.45) is 0. The zero-order valence-corrected chi connectivity index (χ0v) is 32.0. The molecule has 0 saturated carbocycles. The lowest BCUT2D eigenvalue weighted by Crippen LogP contribution is -2.05. The molecule has 3 nitrogen and oxygen atoms in total. The maximum atomic E-state index is 6.61. The van der Waals surface area contributed by atoms with Crippen LogP contribution in [0.2, 0.25) is 0 Å². The summed E-state index contributed by atoms with van der Waals surface area (Å²) >= 11 is 1.85. The van der Waals surface area contributed by atoms with Gasteiger partial charge in [0.2, 0.25) is 0 Å². The van der Waals surface area contributed by atoms with E-state index in [0.29, 0.717) is 11.5 Å². The Balaban J connectivity index is 1.11. The van der Waals surface area contributed by atoms with Crippen LogP contribution in [0.1, 0.15) is 23.6 Å². The average molecular weight is 747 g/mol. The molecule has 11 aromatic rings. The van der Waals surface area contributed by atoms with Crippen LogP contribution in [-0.4, -0.2) is 11.5 Å². The third kappa shape index (κ3) is 5.56. The van der Waals surface area contributed by atoms with Crippen molar-refractivity contribution in [3.05, 3.63) is 199 Å². The van der Waals surface area contributed by atoms with Crippen LogP contribution < -0.4 is 0 Å². The molecule has 0 atom stereocenters. The van der Waals surface area contributed by atoms with Crippen molar-refractivity contribution in [2.75, 3.05) is 0 Å². The highest BCUT2D eigenvalue weighted by Crippen LogP contribution is 2.43. The molecule has 9 aromatic carbocycles. The van der Waals surface area contributed by atoms with Gasteiger partial charge in [0.1, 0.15) is 11.2 Å². The molecule has 268 valence electrons. The molecule has 0 aliphatic rings. The Morgan fingerprint density at radius 1 is 0.491 bits per heavy atom. The standard InChI is InChI=1S/C53H34N2OS/c1-32(34-12-4-3-5-13-34)54-53(39-25-24-37-23-22-35-14-6-8-16-41(35)44(37)31-39)55-33(2)40-18-10-20-46-51(40)52-43(19-11-21-47(52)56-46)38-27-28-48-45(30-38)50-42-17-9-7-15-36(42)26-29-49(50)57-48/h3-31H,1H2,2H3/b54-53-,55-33+. The van der Waals surface area contributed by atoms with Crippen LogP contribution in [0.25, 0.3) is 91.3 Å². The Morgan fingerprint density at radius 2 is 1.16 bits per heavy atom. The number of benzene rings is 9. The molecule has 57 heavy (non-hydrogen) atoms. The number of rotatable bonds is 5. The van der Waals surface area contributed by atoms with Gasteiger partial charge in [0, 0.05) is 47.8 Å². The summed E-state index contributed by atoms with van der Waals surface area (Å²) in [6.45, 7) is 6.46. The van der Waals surface area contributed by atoms with Gasteiger partial charge in [-0.15, -0.1) is 11.3 Å². The topological polar surface area (TPSA) is 37.9 Å². The Morgan fingerprint density at radius 3 is 2.00 bits per heavy atom. The maximum Gasteiger partial charge on any atom is 0.160 e. The average Bonchev–Trinajstić information content (AvgIpc) is 3.85. The van der Waals surface area contributed by atoms with E-state index in [9.17, 15) is 0 Å². The zero-order chi connectivity index (χ0) is 38.0. The van der Waals surface area contributed by atoms with Crippen molar-refractivity contribution in [1.82, 2.24) is 0 Å². The highest BCUT2D eigenvalue weighted by atomic mass is 32.1. The lowest BCUT2D eigenvalue weighted by atomic mass is 9.94. The van der Waals surface area contributed by atoms with Crippen molar-refractivity contribution in [1.29, 1.82) is 0 Å². The van der Waals surface area contributed by atoms with Gasteiger partial charge in [0.15, 0.2) is 5.84 Å². The molecule has 0 radical (unpaired) electrons. The predicted molar refractivity (Wildman–Crippen MR) is 245 cm³/mol. The van der Waals surface area contributed by atoms with Gasteiger partial charge >= 0.3 is 0 Å². The number of furan rings is 1. The SMILES string of the molecule is C=C(/N=C(\N=C(/C)c1cccc2oc3cccc(-c4ccc5sc6ccc7ccccc7c6c5c4)c3c12)c1ccc2ccc3ccccc3c2c1)c1ccccc1. The Labute approximate surface area is 333 Å². The number of nitrogens with zero attached hydrogens (tertiary/aromatic N) is 2. The summed E-state index contributed by atoms with van der Waals surface area (Å²) in [5.41, 5.74) is 8.29. The van der Waals surface area contributed by atoms with E-state index in [-0.39, 0.29) is 0 Å². The second-order valence-corrected chi connectivity index (χ2v) is 15.7. The van der Waals surface area contributed by atoms with Gasteiger partial charge in [-0.3, -0.25) is 0 Å². The second kappa shape index (κ2) is 13.3. The molecule has 0 bridgehead atoms. The number of hydrogen-bond acceptors (Lipinski definition) is 3. The van der Waals surface area contributed by atoms with E-state index in [1.54, 1.807) is 0 Å². The summed E-state index contributed by atoms with van der Waals surface area (Å²) in [6, 6.07) is 62.1. The fraction of sp³-hybridized carbons (Fsp3) is 0.0189. The van der Waals surface area contributed by atoms with Gasteiger partial charge in [-0.1, -0.05) is 146 Å². The first-order chi connectivity index (χ1) is 28.1. The molecule has 0 N–H and O–H groups in total. The molecule has 0 fully saturated rings. The Bertz CT molecular complexity index is 3490. The highest BCUT2D eigenvalue weighted by molar-refractivity contribution is 7.26. The van der Waals surface area contributed by atoms with E-state index in [4.69, 9.17) is 14.4 Å². The molecule has 0 amide bonds. The minimum Gasteiger partial charge on any atom is -0.456 e. The molecule has 2 aromatic heterocycles. The van der Waals surface area contributed by atoms with Gasteiger partial charge < -0.3 is 4.42 Å². The maximum absolute atomic E-state index is 6.61. The summed E-state index contributed by atoms with van der Waals surface area (Å²) in [5, 5.41) is 12.0. The van der Waals surface area contributed by atoms with Crippen LogP contribution >= 0.6 is 11.3 Å². The molecule has 11 rings (SSSR count). The lowest BCUT2D eigenvalue weighted by Gasteiger charge is -2.11. The van der Waals surface area contributed by atoms with Gasteiger partial charge in [0.25, 0.3) is 0 Å². The first-order valence-electron chi connectivity index (χ1n) is 19.2. The molecular formula is C53H34N2OS. The summed E-state index contributed by atoms with van der Waals surface area (Å²) in [4.78, 5) is 10.5. The largest absolute Gasteiger partial charge is 0.456 e. The molecule has 2 heterocycles. The number of fused-ring (bicyclic) bond motifs is 11. The summed E-state index contributed by atoms with van der Waals surface area (Å²) in [5.74, 6) is 0.600. The molecule has 4 heteroatoms. The monoisotopic (exact) mass is 746 g/mol. The van der Waals surface area contributed by atoms with Gasteiger partial charge in [0.05, 0.1) is 5.70 Å². The number of thiophene rings is 1. The first kappa shape index (κ1) is 33.2. The van der Waals surface area contributed by atoms with Gasteiger partial charge in [-0.2, -0.15) is 0 Å². The summed E-state index contributed by atoms with van der Waals surface area (Å²) in [7, 11) is 0. The van der Waals surface area contributed by atoms with Crippen LogP contribution in [-0.2, 0) is 0 Å². The molecule has 0 saturated heterocycles. The minimum absolute atomic E-state index is 0.600. The van der Waals surface area contributed by atoms with E-state index in [1.165, 1.54) is 47.1 Å². The first-order valence-corrected chi connectivity index (χ1v) is 20.0. The van der Waals surface area contributed by atoms with Crippen LogP contribution in [0.5, 0.6) is 0 Å². The highest BCUT2D eigenvalue weighted by Gasteiger charge is 2.19. The minimum atomic E-state index is 0.600. The quantitative estimate of drug-likeness (QED) is 0.0982. The Kier molecular flexibility index (Phi) is 7.73. The molecule has 0 aliphatic carbocycles. The van der Waals surface area contributed by atoms with Gasteiger partial charge in [-0.25, -0.2) is 9.98 Å². The van der Waals surface area contributed by atoms with E-state index in [0.717, 1.165) is 60.9 Å². The molecule has 0 unspecified atom stereocenters. The Hall–Kier alpha value is -7.14. The molecular weight excluding hydrogens is 713 g/mol. The van der Waals surface area contributed by atoms with Crippen molar-refractivity contribution in [3.63, 3.8) is 0 Å². The van der Waals surface area contributed by atoms with Crippen molar-refractivity contribution >= 4 is 103 Å². The van der Waals surface area contributed by atoms with E-state index < -0.39 is 0 Å².